The normalized spacial score (nSPS) is 31.1. The number of rotatable bonds is 3. The maximum absolute atomic E-state index is 14.5. The highest BCUT2D eigenvalue weighted by molar-refractivity contribution is 9.10. The summed E-state index contributed by atoms with van der Waals surface area (Å²) in [5.74, 6) is -5.73. The SMILES string of the molecule is O=C1[C@H]2[C@H](CC=C3[C@H](C4=COc5ccc(O)cc5C4)[C@]4(Cl)C(=O)N(c5ccc(F)cc5)C(=O)[C@]4(Cl)C[C@H]32)C(=O)N1c1ccc(Br)cc1. The summed E-state index contributed by atoms with van der Waals surface area (Å²) in [4.78, 5) is 54.9. The number of alkyl halides is 2. The predicted molar refractivity (Wildman–Crippen MR) is 174 cm³/mol. The molecule has 1 saturated carbocycles. The van der Waals surface area contributed by atoms with Crippen molar-refractivity contribution >= 4 is 74.1 Å². The van der Waals surface area contributed by atoms with E-state index in [4.69, 9.17) is 27.9 Å². The number of carbonyl (C=O) groups is 4. The van der Waals surface area contributed by atoms with Crippen LogP contribution in [0.25, 0.3) is 0 Å². The summed E-state index contributed by atoms with van der Waals surface area (Å²) in [6.07, 6.45) is 3.55. The Bertz CT molecular complexity index is 1980. The average molecular weight is 738 g/mol. The van der Waals surface area contributed by atoms with E-state index in [1.165, 1.54) is 29.4 Å². The van der Waals surface area contributed by atoms with Crippen LogP contribution in [0.3, 0.4) is 0 Å². The van der Waals surface area contributed by atoms with Gasteiger partial charge in [0.2, 0.25) is 11.8 Å². The first-order valence-electron chi connectivity index (χ1n) is 15.0. The lowest BCUT2D eigenvalue weighted by Crippen LogP contribution is -2.61. The Hall–Kier alpha value is -3.99. The smallest absolute Gasteiger partial charge is 0.258 e. The van der Waals surface area contributed by atoms with Crippen molar-refractivity contribution in [3.05, 3.63) is 106 Å². The van der Waals surface area contributed by atoms with Gasteiger partial charge in [-0.1, -0.05) is 27.6 Å². The molecule has 2 aliphatic carbocycles. The number of hydrogen-bond acceptors (Lipinski definition) is 6. The Labute approximate surface area is 286 Å². The van der Waals surface area contributed by atoms with Gasteiger partial charge in [-0.2, -0.15) is 0 Å². The van der Waals surface area contributed by atoms with Gasteiger partial charge in [0, 0.05) is 22.4 Å². The molecule has 47 heavy (non-hydrogen) atoms. The number of fused-ring (bicyclic) bond motifs is 5. The number of allylic oxidation sites excluding steroid dienone is 3. The number of phenolic OH excluding ortho intramolecular Hbond substituents is 1. The maximum atomic E-state index is 14.5. The van der Waals surface area contributed by atoms with Gasteiger partial charge in [0.05, 0.1) is 29.5 Å². The lowest BCUT2D eigenvalue weighted by Gasteiger charge is -2.51. The first-order valence-corrected chi connectivity index (χ1v) is 16.5. The third-order valence-corrected chi connectivity index (χ3v) is 12.1. The van der Waals surface area contributed by atoms with Gasteiger partial charge < -0.3 is 9.84 Å². The molecule has 5 aliphatic rings. The van der Waals surface area contributed by atoms with Crippen LogP contribution in [0.4, 0.5) is 15.8 Å². The molecule has 3 aliphatic heterocycles. The monoisotopic (exact) mass is 736 g/mol. The molecule has 3 fully saturated rings. The molecule has 0 radical (unpaired) electrons. The zero-order chi connectivity index (χ0) is 33.0. The van der Waals surface area contributed by atoms with Crippen LogP contribution in [0.1, 0.15) is 18.4 Å². The summed E-state index contributed by atoms with van der Waals surface area (Å²) in [5.41, 5.74) is 2.29. The van der Waals surface area contributed by atoms with Crippen LogP contribution in [0.15, 0.2) is 94.7 Å². The zero-order valence-corrected chi connectivity index (χ0v) is 27.4. The largest absolute Gasteiger partial charge is 0.508 e. The number of carbonyl (C=O) groups excluding carboxylic acids is 4. The van der Waals surface area contributed by atoms with Crippen molar-refractivity contribution in [2.75, 3.05) is 9.80 Å². The van der Waals surface area contributed by atoms with Gasteiger partial charge in [-0.05, 0) is 91.1 Å². The van der Waals surface area contributed by atoms with Crippen LogP contribution in [0.5, 0.6) is 11.5 Å². The maximum Gasteiger partial charge on any atom is 0.258 e. The molecule has 8 rings (SSSR count). The van der Waals surface area contributed by atoms with E-state index >= 15 is 0 Å². The Morgan fingerprint density at radius 3 is 2.28 bits per heavy atom. The molecule has 3 heterocycles. The number of halogens is 4. The minimum Gasteiger partial charge on any atom is -0.508 e. The highest BCUT2D eigenvalue weighted by Gasteiger charge is 2.77. The average Bonchev–Trinajstić information content (AvgIpc) is 3.39. The first-order chi connectivity index (χ1) is 22.4. The van der Waals surface area contributed by atoms with Gasteiger partial charge in [-0.25, -0.2) is 9.29 Å². The first kappa shape index (κ1) is 30.4. The Morgan fingerprint density at radius 2 is 1.55 bits per heavy atom. The minimum absolute atomic E-state index is 0.0137. The number of imide groups is 2. The van der Waals surface area contributed by atoms with Crippen LogP contribution in [0, 0.1) is 29.5 Å². The fourth-order valence-corrected chi connectivity index (χ4v) is 9.27. The van der Waals surface area contributed by atoms with Crippen LogP contribution < -0.4 is 14.5 Å². The van der Waals surface area contributed by atoms with Crippen LogP contribution in [-0.4, -0.2) is 38.5 Å². The summed E-state index contributed by atoms with van der Waals surface area (Å²) in [6, 6.07) is 16.4. The number of hydrogen-bond donors (Lipinski definition) is 1. The molecule has 3 aromatic rings. The van der Waals surface area contributed by atoms with Gasteiger partial charge in [0.25, 0.3) is 11.8 Å². The quantitative estimate of drug-likeness (QED) is 0.189. The third-order valence-electron chi connectivity index (χ3n) is 10.1. The summed E-state index contributed by atoms with van der Waals surface area (Å²) >= 11 is 18.2. The van der Waals surface area contributed by atoms with Crippen LogP contribution in [-0.2, 0) is 25.6 Å². The number of nitrogens with zero attached hydrogens (tertiary/aromatic N) is 2. The standard InChI is InChI=1S/C35H24BrCl2FN2O6/c36-19-1-5-21(6-2-19)40-30(43)25-11-10-24-26(28(25)31(40)44)15-34(37)32(45)41(22-7-3-20(39)4-8-22)33(46)35(34,38)29(24)18-13-17-14-23(42)9-12-27(17)47-16-18/h1-10,12,14,16,25-26,28-29,42H,11,13,15H2/t25-,26+,28-,29-,34+,35-/m0/s1. The lowest BCUT2D eigenvalue weighted by atomic mass is 9.56. The van der Waals surface area contributed by atoms with E-state index < -0.39 is 57.0 Å². The number of phenols is 1. The molecule has 1 N–H and O–H groups in total. The zero-order valence-electron chi connectivity index (χ0n) is 24.3. The number of anilines is 2. The van der Waals surface area contributed by atoms with E-state index in [-0.39, 0.29) is 36.6 Å². The van der Waals surface area contributed by atoms with Crippen LogP contribution >= 0.6 is 39.1 Å². The van der Waals surface area contributed by atoms with Crippen molar-refractivity contribution in [3.8, 4) is 11.5 Å². The molecule has 3 aromatic carbocycles. The van der Waals surface area contributed by atoms with Crippen molar-refractivity contribution in [1.29, 1.82) is 0 Å². The second-order valence-corrected chi connectivity index (χ2v) is 14.7. The molecule has 4 amide bonds. The second kappa shape index (κ2) is 10.5. The van der Waals surface area contributed by atoms with E-state index in [0.29, 0.717) is 28.1 Å². The number of benzene rings is 3. The van der Waals surface area contributed by atoms with Gasteiger partial charge >= 0.3 is 0 Å². The molecule has 2 saturated heterocycles. The van der Waals surface area contributed by atoms with E-state index in [9.17, 15) is 28.7 Å². The van der Waals surface area contributed by atoms with E-state index in [1.54, 1.807) is 36.4 Å². The van der Waals surface area contributed by atoms with Crippen molar-refractivity contribution < 1.29 is 33.4 Å². The van der Waals surface area contributed by atoms with Gasteiger partial charge in [-0.3, -0.25) is 24.1 Å². The Kier molecular flexibility index (Phi) is 6.78. The summed E-state index contributed by atoms with van der Waals surface area (Å²) in [7, 11) is 0. The molecule has 6 atom stereocenters. The van der Waals surface area contributed by atoms with Gasteiger partial charge in [0.15, 0.2) is 9.75 Å². The number of amides is 4. The summed E-state index contributed by atoms with van der Waals surface area (Å²) in [6.45, 7) is 0. The molecule has 12 heteroatoms. The van der Waals surface area contributed by atoms with E-state index in [1.807, 2.05) is 6.08 Å². The fraction of sp³-hybridized carbons (Fsp3) is 0.257. The molecular weight excluding hydrogens is 714 g/mol. The molecule has 8 nitrogen and oxygen atoms in total. The highest BCUT2D eigenvalue weighted by Crippen LogP contribution is 2.65. The summed E-state index contributed by atoms with van der Waals surface area (Å²) < 4.78 is 20.6. The van der Waals surface area contributed by atoms with Gasteiger partial charge in [-0.15, -0.1) is 23.2 Å². The molecule has 0 unspecified atom stereocenters. The fourth-order valence-electron chi connectivity index (χ4n) is 8.05. The molecule has 0 aromatic heterocycles. The lowest BCUT2D eigenvalue weighted by molar-refractivity contribution is -0.125. The van der Waals surface area contributed by atoms with Crippen molar-refractivity contribution in [1.82, 2.24) is 0 Å². The molecule has 0 bridgehead atoms. The summed E-state index contributed by atoms with van der Waals surface area (Å²) in [5, 5.41) is 10.2. The van der Waals surface area contributed by atoms with Crippen LogP contribution in [0.2, 0.25) is 0 Å². The topological polar surface area (TPSA) is 104 Å². The predicted octanol–water partition coefficient (Wildman–Crippen LogP) is 6.41. The Balaban J connectivity index is 1.28. The second-order valence-electron chi connectivity index (χ2n) is 12.5. The molecular formula is C35H24BrCl2FN2O6. The van der Waals surface area contributed by atoms with Crippen molar-refractivity contribution in [2.45, 2.75) is 29.0 Å². The van der Waals surface area contributed by atoms with Crippen molar-refractivity contribution in [3.63, 3.8) is 0 Å². The minimum atomic E-state index is -2.07. The van der Waals surface area contributed by atoms with E-state index in [2.05, 4.69) is 15.9 Å². The number of aromatic hydroxyl groups is 1. The number of ether oxygens (including phenoxy) is 1. The highest BCUT2D eigenvalue weighted by atomic mass is 79.9. The van der Waals surface area contributed by atoms with E-state index in [0.717, 1.165) is 21.5 Å². The molecule has 238 valence electrons. The van der Waals surface area contributed by atoms with Gasteiger partial charge in [0.1, 0.15) is 17.3 Å². The third kappa shape index (κ3) is 4.17. The Morgan fingerprint density at radius 1 is 0.872 bits per heavy atom. The molecule has 0 spiro atoms. The van der Waals surface area contributed by atoms with Crippen molar-refractivity contribution in [2.24, 2.45) is 23.7 Å².